The number of carbonyl (C=O) groups excluding carboxylic acids is 1. The highest BCUT2D eigenvalue weighted by atomic mass is 79.9. The van der Waals surface area contributed by atoms with Gasteiger partial charge in [-0.15, -0.1) is 0 Å². The molecule has 0 unspecified atom stereocenters. The molecule has 0 amide bonds. The number of hydrogen-bond donors (Lipinski definition) is 0. The molecule has 14 heavy (non-hydrogen) atoms. The molecule has 0 aliphatic heterocycles. The summed E-state index contributed by atoms with van der Waals surface area (Å²) in [4.78, 5) is 11.5. The van der Waals surface area contributed by atoms with E-state index in [-0.39, 0.29) is 11.6 Å². The van der Waals surface area contributed by atoms with Crippen LogP contribution in [0.15, 0.2) is 18.2 Å². The van der Waals surface area contributed by atoms with Gasteiger partial charge in [0.2, 0.25) is 0 Å². The lowest BCUT2D eigenvalue weighted by Crippen LogP contribution is -2.00. The van der Waals surface area contributed by atoms with Crippen LogP contribution < -0.4 is 0 Å². The zero-order valence-corrected chi connectivity index (χ0v) is 9.60. The van der Waals surface area contributed by atoms with Crippen molar-refractivity contribution in [1.29, 1.82) is 0 Å². The molecule has 0 spiro atoms. The average Bonchev–Trinajstić information content (AvgIpc) is 2.18. The molecule has 0 saturated carbocycles. The number of ketones is 1. The molecule has 3 heteroatoms. The number of Topliss-reactive ketones (excluding diaryl/α,β-unsaturated/α-hetero) is 1. The van der Waals surface area contributed by atoms with Crippen molar-refractivity contribution in [2.24, 2.45) is 0 Å². The molecule has 1 aromatic rings. The predicted octanol–water partition coefficient (Wildman–Crippen LogP) is 3.49. The third-order valence-corrected chi connectivity index (χ3v) is 2.59. The first kappa shape index (κ1) is 11.4. The highest BCUT2D eigenvalue weighted by Gasteiger charge is 2.07. The molecular formula is C11H12BrFO. The number of hydrogen-bond acceptors (Lipinski definition) is 1. The summed E-state index contributed by atoms with van der Waals surface area (Å²) in [5.41, 5.74) is 1.04. The Morgan fingerprint density at radius 2 is 2.21 bits per heavy atom. The smallest absolute Gasteiger partial charge is 0.163 e. The van der Waals surface area contributed by atoms with Crippen LogP contribution in [0.4, 0.5) is 4.39 Å². The SMILES string of the molecule is Cc1ccc(C(=O)CCCBr)cc1F. The number of alkyl halides is 1. The van der Waals surface area contributed by atoms with Crippen LogP contribution >= 0.6 is 15.9 Å². The second-order valence-electron chi connectivity index (χ2n) is 3.18. The van der Waals surface area contributed by atoms with Crippen molar-refractivity contribution in [3.8, 4) is 0 Å². The summed E-state index contributed by atoms with van der Waals surface area (Å²) < 4.78 is 13.1. The van der Waals surface area contributed by atoms with Crippen LogP contribution in [-0.2, 0) is 0 Å². The highest BCUT2D eigenvalue weighted by Crippen LogP contribution is 2.12. The van der Waals surface area contributed by atoms with E-state index in [4.69, 9.17) is 0 Å². The van der Waals surface area contributed by atoms with E-state index in [0.717, 1.165) is 11.8 Å². The monoisotopic (exact) mass is 258 g/mol. The van der Waals surface area contributed by atoms with Gasteiger partial charge in [-0.3, -0.25) is 4.79 Å². The Morgan fingerprint density at radius 3 is 2.79 bits per heavy atom. The van der Waals surface area contributed by atoms with Gasteiger partial charge >= 0.3 is 0 Å². The van der Waals surface area contributed by atoms with Crippen LogP contribution in [0.1, 0.15) is 28.8 Å². The number of carbonyl (C=O) groups is 1. The van der Waals surface area contributed by atoms with Gasteiger partial charge in [0, 0.05) is 17.3 Å². The molecule has 1 aromatic carbocycles. The maximum atomic E-state index is 13.1. The molecule has 0 radical (unpaired) electrons. The van der Waals surface area contributed by atoms with Crippen molar-refractivity contribution in [3.05, 3.63) is 35.1 Å². The summed E-state index contributed by atoms with van der Waals surface area (Å²) in [5.74, 6) is -0.307. The van der Waals surface area contributed by atoms with Crippen molar-refractivity contribution in [3.63, 3.8) is 0 Å². The largest absolute Gasteiger partial charge is 0.294 e. The molecule has 0 aliphatic carbocycles. The van der Waals surface area contributed by atoms with E-state index in [1.807, 2.05) is 0 Å². The number of aryl methyl sites for hydroxylation is 1. The first-order valence-electron chi connectivity index (χ1n) is 4.50. The maximum Gasteiger partial charge on any atom is 0.163 e. The lowest BCUT2D eigenvalue weighted by Gasteiger charge is -2.01. The summed E-state index contributed by atoms with van der Waals surface area (Å²) in [6.45, 7) is 1.68. The van der Waals surface area contributed by atoms with Gasteiger partial charge in [-0.2, -0.15) is 0 Å². The van der Waals surface area contributed by atoms with Gasteiger partial charge < -0.3 is 0 Å². The normalized spacial score (nSPS) is 10.2. The Morgan fingerprint density at radius 1 is 1.50 bits per heavy atom. The molecule has 76 valence electrons. The molecule has 0 aromatic heterocycles. The van der Waals surface area contributed by atoms with E-state index >= 15 is 0 Å². The molecule has 0 bridgehead atoms. The molecule has 1 rings (SSSR count). The van der Waals surface area contributed by atoms with E-state index in [2.05, 4.69) is 15.9 Å². The summed E-state index contributed by atoms with van der Waals surface area (Å²) in [6, 6.07) is 4.62. The summed E-state index contributed by atoms with van der Waals surface area (Å²) in [5, 5.41) is 0.799. The van der Waals surface area contributed by atoms with Crippen molar-refractivity contribution in [2.75, 3.05) is 5.33 Å². The Kier molecular flexibility index (Phi) is 4.26. The van der Waals surface area contributed by atoms with Gasteiger partial charge in [0.1, 0.15) is 5.82 Å². The second kappa shape index (κ2) is 5.25. The fraction of sp³-hybridized carbons (Fsp3) is 0.364. The third-order valence-electron chi connectivity index (χ3n) is 2.03. The van der Waals surface area contributed by atoms with Crippen LogP contribution in [-0.4, -0.2) is 11.1 Å². The Labute approximate surface area is 91.5 Å². The number of benzene rings is 1. The zero-order chi connectivity index (χ0) is 10.6. The quantitative estimate of drug-likeness (QED) is 0.597. The maximum absolute atomic E-state index is 13.1. The minimum absolute atomic E-state index is 0.00310. The predicted molar refractivity (Wildman–Crippen MR) is 58.5 cm³/mol. The molecule has 0 aliphatic rings. The van der Waals surface area contributed by atoms with Gasteiger partial charge in [-0.05, 0) is 25.0 Å². The van der Waals surface area contributed by atoms with Crippen molar-refractivity contribution in [2.45, 2.75) is 19.8 Å². The molecule has 0 heterocycles. The molecule has 0 N–H and O–H groups in total. The van der Waals surface area contributed by atoms with Gasteiger partial charge in [0.05, 0.1) is 0 Å². The molecule has 0 saturated heterocycles. The van der Waals surface area contributed by atoms with E-state index in [1.165, 1.54) is 6.07 Å². The Balaban J connectivity index is 2.76. The van der Waals surface area contributed by atoms with Gasteiger partial charge in [-0.1, -0.05) is 28.1 Å². The first-order valence-corrected chi connectivity index (χ1v) is 5.62. The fourth-order valence-electron chi connectivity index (χ4n) is 1.14. The van der Waals surface area contributed by atoms with E-state index in [1.54, 1.807) is 19.1 Å². The van der Waals surface area contributed by atoms with Gasteiger partial charge in [0.25, 0.3) is 0 Å². The van der Waals surface area contributed by atoms with E-state index in [9.17, 15) is 9.18 Å². The topological polar surface area (TPSA) is 17.1 Å². The fourth-order valence-corrected chi connectivity index (χ4v) is 1.42. The minimum Gasteiger partial charge on any atom is -0.294 e. The molecular weight excluding hydrogens is 247 g/mol. The van der Waals surface area contributed by atoms with Crippen LogP contribution in [0.3, 0.4) is 0 Å². The summed E-state index contributed by atoms with van der Waals surface area (Å²) >= 11 is 3.25. The lowest BCUT2D eigenvalue weighted by atomic mass is 10.1. The lowest BCUT2D eigenvalue weighted by molar-refractivity contribution is 0.0981. The standard InChI is InChI=1S/C11H12BrFO/c1-8-4-5-9(7-10(8)13)11(14)3-2-6-12/h4-5,7H,2-3,6H2,1H3. The van der Waals surface area contributed by atoms with Crippen molar-refractivity contribution in [1.82, 2.24) is 0 Å². The minimum atomic E-state index is -0.310. The second-order valence-corrected chi connectivity index (χ2v) is 3.97. The third kappa shape index (κ3) is 2.91. The first-order chi connectivity index (χ1) is 6.65. The van der Waals surface area contributed by atoms with Crippen LogP contribution in [0.25, 0.3) is 0 Å². The van der Waals surface area contributed by atoms with Crippen LogP contribution in [0, 0.1) is 12.7 Å². The Hall–Kier alpha value is -0.700. The van der Waals surface area contributed by atoms with E-state index in [0.29, 0.717) is 17.5 Å². The highest BCUT2D eigenvalue weighted by molar-refractivity contribution is 9.09. The summed E-state index contributed by atoms with van der Waals surface area (Å²) in [6.07, 6.45) is 1.25. The van der Waals surface area contributed by atoms with Crippen molar-refractivity contribution >= 4 is 21.7 Å². The van der Waals surface area contributed by atoms with Gasteiger partial charge in [-0.25, -0.2) is 4.39 Å². The molecule has 0 fully saturated rings. The molecule has 0 atom stereocenters. The Bertz CT molecular complexity index is 336. The van der Waals surface area contributed by atoms with Crippen molar-refractivity contribution < 1.29 is 9.18 Å². The van der Waals surface area contributed by atoms with E-state index < -0.39 is 0 Å². The molecule has 1 nitrogen and oxygen atoms in total. The number of halogens is 2. The summed E-state index contributed by atoms with van der Waals surface area (Å²) in [7, 11) is 0. The zero-order valence-electron chi connectivity index (χ0n) is 8.02. The number of rotatable bonds is 4. The van der Waals surface area contributed by atoms with Crippen LogP contribution in [0.5, 0.6) is 0 Å². The van der Waals surface area contributed by atoms with Gasteiger partial charge in [0.15, 0.2) is 5.78 Å². The van der Waals surface area contributed by atoms with Crippen LogP contribution in [0.2, 0.25) is 0 Å². The average molecular weight is 259 g/mol.